The van der Waals surface area contributed by atoms with Crippen LogP contribution in [-0.4, -0.2) is 0 Å². The molecule has 0 fully saturated rings. The Hall–Kier alpha value is 4.31. The van der Waals surface area contributed by atoms with Crippen LogP contribution in [0.2, 0.25) is 0 Å². The molecule has 27 heavy (non-hydrogen) atoms. The second-order valence-corrected chi connectivity index (χ2v) is 5.37. The third-order valence-corrected chi connectivity index (χ3v) is 0. The van der Waals surface area contributed by atoms with Gasteiger partial charge in [-0.1, -0.05) is 0 Å². The summed E-state index contributed by atoms with van der Waals surface area (Å²) < 4.78 is 34.2. The van der Waals surface area contributed by atoms with Crippen molar-refractivity contribution in [1.82, 2.24) is 0 Å². The Bertz CT molecular complexity index is 312. The monoisotopic (exact) mass is 646 g/mol. The summed E-state index contributed by atoms with van der Waals surface area (Å²) in [5, 5.41) is 0. The molecule has 160 valence electrons. The zero-order chi connectivity index (χ0) is 18.0. The van der Waals surface area contributed by atoms with E-state index in [4.69, 9.17) is 77.0 Å². The van der Waals surface area contributed by atoms with Gasteiger partial charge in [-0.3, -0.25) is 0 Å². The van der Waals surface area contributed by atoms with Crippen molar-refractivity contribution in [2.45, 2.75) is 0 Å². The van der Waals surface area contributed by atoms with Gasteiger partial charge in [0.25, 0.3) is 0 Å². The first-order valence-electron chi connectivity index (χ1n) is 2.92. The van der Waals surface area contributed by atoms with Crippen LogP contribution in [-0.2, 0) is 86.5 Å². The summed E-state index contributed by atoms with van der Waals surface area (Å²) in [6.45, 7) is 0. The molecular weight excluding hydrogens is 647 g/mol. The van der Waals surface area contributed by atoms with Crippen molar-refractivity contribution in [2.24, 2.45) is 0 Å². The summed E-state index contributed by atoms with van der Waals surface area (Å²) in [7, 11) is -21.6. The Morgan fingerprint density at radius 2 is 0.333 bits per heavy atom. The molecule has 0 spiro atoms. The third kappa shape index (κ3) is 1310. The maximum absolute atomic E-state index is 8.55. The molecule has 0 unspecified atom stereocenters. The van der Waals surface area contributed by atoms with E-state index < -0.39 is 31.3 Å². The van der Waals surface area contributed by atoms with Gasteiger partial charge in [-0.15, -0.1) is 0 Å². The summed E-state index contributed by atoms with van der Waals surface area (Å²) in [6.07, 6.45) is 0. The molecule has 0 bridgehead atoms. The van der Waals surface area contributed by atoms with Gasteiger partial charge >= 0.3 is 125 Å². The van der Waals surface area contributed by atoms with Crippen molar-refractivity contribution in [3.63, 3.8) is 0 Å². The first-order valence-corrected chi connectivity index (χ1v) is 8.76. The van der Waals surface area contributed by atoms with E-state index in [-0.39, 0.29) is 125 Å². The first-order chi connectivity index (χ1) is 8.00. The van der Waals surface area contributed by atoms with E-state index >= 15 is 0 Å². The van der Waals surface area contributed by atoms with Gasteiger partial charge in [-0.25, -0.2) is 0 Å². The summed E-state index contributed by atoms with van der Waals surface area (Å²) >= 11 is 0. The molecular formula is Cu3FeLi3O16P4. The van der Waals surface area contributed by atoms with Gasteiger partial charge < -0.3 is 77.0 Å². The minimum Gasteiger partial charge on any atom is -0.822 e. The molecule has 0 atom stereocenters. The van der Waals surface area contributed by atoms with Crippen molar-refractivity contribution < 1.29 is 202 Å². The van der Waals surface area contributed by atoms with Gasteiger partial charge in [0.05, 0.1) is 0 Å². The van der Waals surface area contributed by atoms with E-state index in [2.05, 4.69) is 0 Å². The summed E-state index contributed by atoms with van der Waals surface area (Å²) in [5.41, 5.74) is 0. The first kappa shape index (κ1) is 69.7. The van der Waals surface area contributed by atoms with Crippen LogP contribution in [0.4, 0.5) is 0 Å². The van der Waals surface area contributed by atoms with Crippen LogP contribution >= 0.6 is 31.3 Å². The number of phosphoric acid groups is 4. The Morgan fingerprint density at radius 1 is 0.333 bits per heavy atom. The minimum absolute atomic E-state index is 0. The maximum atomic E-state index is 8.55. The predicted molar refractivity (Wildman–Crippen MR) is 30.4 cm³/mol. The number of rotatable bonds is 0. The van der Waals surface area contributed by atoms with Crippen LogP contribution in [0.1, 0.15) is 0 Å². The molecule has 0 N–H and O–H groups in total. The third-order valence-electron chi connectivity index (χ3n) is 0. The largest absolute Gasteiger partial charge is 3.00 e. The van der Waals surface area contributed by atoms with E-state index in [1.165, 1.54) is 0 Å². The molecule has 0 saturated carbocycles. The molecule has 0 rings (SSSR count). The second-order valence-electron chi connectivity index (χ2n) is 1.79. The predicted octanol–water partition coefficient (Wildman–Crippen LogP) is -20.3. The van der Waals surface area contributed by atoms with E-state index in [1.54, 1.807) is 0 Å². The normalized spacial score (nSPS) is 8.74. The van der Waals surface area contributed by atoms with Crippen molar-refractivity contribution in [1.29, 1.82) is 0 Å². The molecule has 0 aromatic rings. The molecule has 0 saturated heterocycles. The Labute approximate surface area is 230 Å². The Kier molecular flexibility index (Phi) is 83.9. The topological polar surface area (TPSA) is 345 Å². The van der Waals surface area contributed by atoms with Crippen LogP contribution in [0.15, 0.2) is 0 Å². The molecule has 4 radical (unpaired) electrons. The van der Waals surface area contributed by atoms with E-state index in [0.29, 0.717) is 0 Å². The van der Waals surface area contributed by atoms with Gasteiger partial charge in [0.1, 0.15) is 0 Å². The molecule has 0 aliphatic carbocycles. The Balaban J connectivity index is -0.0000000129. The van der Waals surface area contributed by atoms with Crippen LogP contribution in [0.25, 0.3) is 0 Å². The average molecular weight is 647 g/mol. The molecule has 27 heteroatoms. The average Bonchev–Trinajstić information content (AvgIpc) is 1.62. The van der Waals surface area contributed by atoms with Gasteiger partial charge in [0.15, 0.2) is 0 Å². The van der Waals surface area contributed by atoms with E-state index in [0.717, 1.165) is 0 Å². The summed E-state index contributed by atoms with van der Waals surface area (Å²) in [5.74, 6) is 0. The molecule has 0 aromatic heterocycles. The van der Waals surface area contributed by atoms with Gasteiger partial charge in [0.2, 0.25) is 0 Å². The van der Waals surface area contributed by atoms with Gasteiger partial charge in [0, 0.05) is 0 Å². The van der Waals surface area contributed by atoms with Crippen molar-refractivity contribution in [3.8, 4) is 0 Å². The maximum Gasteiger partial charge on any atom is 3.00 e. The summed E-state index contributed by atoms with van der Waals surface area (Å²) in [4.78, 5) is 103. The number of hydrogen-bond acceptors (Lipinski definition) is 16. The fourth-order valence-electron chi connectivity index (χ4n) is 0. The van der Waals surface area contributed by atoms with E-state index in [9.17, 15) is 0 Å². The molecule has 0 heterocycles. The smallest absolute Gasteiger partial charge is 0.822 e. The second kappa shape index (κ2) is 32.5. The van der Waals surface area contributed by atoms with Crippen LogP contribution < -0.4 is 115 Å². The fourth-order valence-corrected chi connectivity index (χ4v) is 0. The van der Waals surface area contributed by atoms with Gasteiger partial charge in [-0.2, -0.15) is 31.3 Å². The fraction of sp³-hybridized carbons (Fsp3) is 0. The zero-order valence-electron chi connectivity index (χ0n) is 12.6. The molecule has 0 aromatic carbocycles. The standard InChI is InChI=1S/3Cu.Fe.3Li.4H3O4P/c;;;;;;;4*1-5(2,3)4/h;;;;;;;4*(H3,1,2,3,4)/q3*+2;+3;3*+1;;;;/p-12. The molecule has 0 amide bonds. The summed E-state index contributed by atoms with van der Waals surface area (Å²) in [6, 6.07) is 0. The molecule has 0 aliphatic rings. The molecule has 16 nitrogen and oxygen atoms in total. The van der Waals surface area contributed by atoms with E-state index in [1.807, 2.05) is 0 Å². The minimum atomic E-state index is -5.39. The van der Waals surface area contributed by atoms with Crippen LogP contribution in [0.5, 0.6) is 0 Å². The van der Waals surface area contributed by atoms with Crippen molar-refractivity contribution in [2.75, 3.05) is 0 Å². The zero-order valence-corrected chi connectivity index (χ0v) is 20.1. The van der Waals surface area contributed by atoms with Crippen molar-refractivity contribution >= 4 is 31.3 Å². The Morgan fingerprint density at radius 3 is 0.333 bits per heavy atom. The van der Waals surface area contributed by atoms with Crippen molar-refractivity contribution in [3.05, 3.63) is 0 Å². The van der Waals surface area contributed by atoms with Crippen LogP contribution in [0.3, 0.4) is 0 Å². The quantitative estimate of drug-likeness (QED) is 0.174. The van der Waals surface area contributed by atoms with Crippen LogP contribution in [0, 0.1) is 0 Å². The number of hydrogen-bond donors (Lipinski definition) is 0. The SMILES string of the molecule is O=P([O-])([O-])[O-].O=P([O-])([O-])[O-].O=P([O-])([O-])[O-].O=P([O-])([O-])[O-].[Cu+2].[Cu+2].[Cu+2].[Fe+3].[Li+].[Li+].[Li+]. The molecule has 0 aliphatic heterocycles. The van der Waals surface area contributed by atoms with Gasteiger partial charge in [-0.05, 0) is 0 Å².